The van der Waals surface area contributed by atoms with Crippen molar-refractivity contribution in [1.29, 1.82) is 0 Å². The van der Waals surface area contributed by atoms with Crippen molar-refractivity contribution in [2.75, 3.05) is 11.9 Å². The van der Waals surface area contributed by atoms with Crippen LogP contribution in [-0.4, -0.2) is 36.9 Å². The highest BCUT2D eigenvalue weighted by molar-refractivity contribution is 5.88. The number of aryl methyl sites for hydroxylation is 1. The highest BCUT2D eigenvalue weighted by Crippen LogP contribution is 2.25. The maximum absolute atomic E-state index is 12.7. The maximum atomic E-state index is 12.7. The van der Waals surface area contributed by atoms with Crippen molar-refractivity contribution < 1.29 is 9.84 Å². The van der Waals surface area contributed by atoms with Crippen LogP contribution in [0.2, 0.25) is 0 Å². The number of benzene rings is 3. The molecule has 0 bridgehead atoms. The van der Waals surface area contributed by atoms with E-state index in [-0.39, 0.29) is 24.3 Å². The third-order valence-electron chi connectivity index (χ3n) is 5.87. The number of hydrogen-bond donors (Lipinski definition) is 3. The second kappa shape index (κ2) is 9.47. The third kappa shape index (κ3) is 4.53. The van der Waals surface area contributed by atoms with Gasteiger partial charge < -0.3 is 19.7 Å². The normalized spacial score (nSPS) is 12.2. The van der Waals surface area contributed by atoms with Gasteiger partial charge in [0.1, 0.15) is 18.5 Å². The van der Waals surface area contributed by atoms with Gasteiger partial charge in [-0.3, -0.25) is 14.3 Å². The molecular weight excluding hydrogens is 446 g/mol. The summed E-state index contributed by atoms with van der Waals surface area (Å²) >= 11 is 0. The number of nitrogens with zero attached hydrogens (tertiary/aromatic N) is 3. The SMILES string of the molecule is Cn1c(=O)[nH]c(=O)c2c1nc(NCc1ccccc1)n2C[C@@H](O)COc1cccc2ccccc12. The van der Waals surface area contributed by atoms with Crippen molar-refractivity contribution in [3.63, 3.8) is 0 Å². The molecule has 5 rings (SSSR count). The van der Waals surface area contributed by atoms with Crippen molar-refractivity contribution in [3.8, 4) is 5.75 Å². The molecule has 0 amide bonds. The van der Waals surface area contributed by atoms with Crippen LogP contribution in [0.1, 0.15) is 5.56 Å². The molecule has 5 aromatic rings. The summed E-state index contributed by atoms with van der Waals surface area (Å²) < 4.78 is 8.81. The number of ether oxygens (including phenoxy) is 1. The van der Waals surface area contributed by atoms with Gasteiger partial charge in [0.15, 0.2) is 11.2 Å². The minimum Gasteiger partial charge on any atom is -0.490 e. The van der Waals surface area contributed by atoms with Gasteiger partial charge in [-0.25, -0.2) is 4.79 Å². The molecular formula is C26H25N5O4. The molecule has 0 aliphatic rings. The first kappa shape index (κ1) is 22.4. The van der Waals surface area contributed by atoms with Crippen molar-refractivity contribution in [2.45, 2.75) is 19.2 Å². The number of imidazole rings is 1. The van der Waals surface area contributed by atoms with Crippen molar-refractivity contribution in [3.05, 3.63) is 99.2 Å². The van der Waals surface area contributed by atoms with E-state index in [9.17, 15) is 14.7 Å². The summed E-state index contributed by atoms with van der Waals surface area (Å²) in [5.41, 5.74) is 0.337. The van der Waals surface area contributed by atoms with Gasteiger partial charge in [0, 0.05) is 19.0 Å². The number of aromatic nitrogens is 4. The van der Waals surface area contributed by atoms with Gasteiger partial charge in [0.25, 0.3) is 5.56 Å². The number of aliphatic hydroxyl groups is 1. The molecule has 0 radical (unpaired) electrons. The molecule has 35 heavy (non-hydrogen) atoms. The largest absolute Gasteiger partial charge is 0.490 e. The lowest BCUT2D eigenvalue weighted by Crippen LogP contribution is -2.31. The number of hydrogen-bond acceptors (Lipinski definition) is 6. The van der Waals surface area contributed by atoms with Crippen LogP contribution in [0.4, 0.5) is 5.95 Å². The summed E-state index contributed by atoms with van der Waals surface area (Å²) in [4.78, 5) is 31.6. The van der Waals surface area contributed by atoms with Crippen LogP contribution in [0.5, 0.6) is 5.75 Å². The highest BCUT2D eigenvalue weighted by Gasteiger charge is 2.20. The Hall–Kier alpha value is -4.37. The topological polar surface area (TPSA) is 114 Å². The Morgan fingerprint density at radius 2 is 1.77 bits per heavy atom. The minimum atomic E-state index is -0.944. The van der Waals surface area contributed by atoms with Crippen LogP contribution in [0.25, 0.3) is 21.9 Å². The van der Waals surface area contributed by atoms with Gasteiger partial charge in [-0.2, -0.15) is 4.98 Å². The predicted octanol–water partition coefficient (Wildman–Crippen LogP) is 2.63. The Labute approximate surface area is 200 Å². The monoisotopic (exact) mass is 471 g/mol. The molecule has 2 heterocycles. The van der Waals surface area contributed by atoms with E-state index in [1.54, 1.807) is 11.6 Å². The number of aliphatic hydroxyl groups excluding tert-OH is 1. The van der Waals surface area contributed by atoms with E-state index in [0.717, 1.165) is 16.3 Å². The van der Waals surface area contributed by atoms with Crippen molar-refractivity contribution in [2.24, 2.45) is 7.05 Å². The molecule has 0 saturated carbocycles. The predicted molar refractivity (Wildman–Crippen MR) is 135 cm³/mol. The molecule has 178 valence electrons. The van der Waals surface area contributed by atoms with E-state index in [1.807, 2.05) is 72.8 Å². The first-order valence-electron chi connectivity index (χ1n) is 11.3. The van der Waals surface area contributed by atoms with Gasteiger partial charge in [0.05, 0.1) is 6.54 Å². The lowest BCUT2D eigenvalue weighted by atomic mass is 10.1. The molecule has 3 N–H and O–H groups in total. The molecule has 9 heteroatoms. The van der Waals surface area contributed by atoms with Gasteiger partial charge in [-0.15, -0.1) is 0 Å². The fraction of sp³-hybridized carbons (Fsp3) is 0.192. The van der Waals surface area contributed by atoms with Gasteiger partial charge >= 0.3 is 5.69 Å². The Bertz CT molecular complexity index is 1600. The molecule has 0 aliphatic carbocycles. The van der Waals surface area contributed by atoms with Crippen LogP contribution in [0.15, 0.2) is 82.4 Å². The second-order valence-corrected chi connectivity index (χ2v) is 8.32. The zero-order valence-electron chi connectivity index (χ0n) is 19.1. The van der Waals surface area contributed by atoms with Crippen molar-refractivity contribution in [1.82, 2.24) is 19.1 Å². The maximum Gasteiger partial charge on any atom is 0.329 e. The first-order chi connectivity index (χ1) is 17.0. The second-order valence-electron chi connectivity index (χ2n) is 8.32. The zero-order valence-corrected chi connectivity index (χ0v) is 19.1. The van der Waals surface area contributed by atoms with Crippen molar-refractivity contribution >= 4 is 27.9 Å². The molecule has 0 saturated heterocycles. The summed E-state index contributed by atoms with van der Waals surface area (Å²) in [6, 6.07) is 23.3. The first-order valence-corrected chi connectivity index (χ1v) is 11.3. The Morgan fingerprint density at radius 1 is 1.03 bits per heavy atom. The molecule has 0 unspecified atom stereocenters. The lowest BCUT2D eigenvalue weighted by Gasteiger charge is -2.16. The number of H-pyrrole nitrogens is 1. The quantitative estimate of drug-likeness (QED) is 0.321. The average Bonchev–Trinajstić information content (AvgIpc) is 3.24. The summed E-state index contributed by atoms with van der Waals surface area (Å²) in [5, 5.41) is 16.1. The van der Waals surface area contributed by atoms with Crippen LogP contribution >= 0.6 is 0 Å². The van der Waals surface area contributed by atoms with E-state index < -0.39 is 17.4 Å². The summed E-state index contributed by atoms with van der Waals surface area (Å²) in [6.45, 7) is 0.508. The van der Waals surface area contributed by atoms with E-state index >= 15 is 0 Å². The Balaban J connectivity index is 1.43. The number of rotatable bonds is 8. The molecule has 2 aromatic heterocycles. The number of nitrogens with one attached hydrogen (secondary N) is 2. The summed E-state index contributed by atoms with van der Waals surface area (Å²) in [7, 11) is 1.54. The van der Waals surface area contributed by atoms with Crippen LogP contribution < -0.4 is 21.3 Å². The molecule has 0 spiro atoms. The third-order valence-corrected chi connectivity index (χ3v) is 5.87. The molecule has 0 fully saturated rings. The minimum absolute atomic E-state index is 0.00940. The van der Waals surface area contributed by atoms with Crippen LogP contribution in [-0.2, 0) is 20.1 Å². The molecule has 3 aromatic carbocycles. The number of anilines is 1. The number of fused-ring (bicyclic) bond motifs is 2. The molecule has 9 nitrogen and oxygen atoms in total. The molecule has 0 aliphatic heterocycles. The zero-order chi connectivity index (χ0) is 24.4. The van der Waals surface area contributed by atoms with E-state index in [4.69, 9.17) is 4.74 Å². The standard InChI is InChI=1S/C26H25N5O4/c1-30-23-22(24(33)29-26(30)34)31(25(28-23)27-14-17-8-3-2-4-9-17)15-19(32)16-35-21-13-7-11-18-10-5-6-12-20(18)21/h2-13,19,32H,14-16H2,1H3,(H,27,28)(H,29,33,34)/t19-/m1/s1. The average molecular weight is 472 g/mol. The van der Waals surface area contributed by atoms with Crippen LogP contribution in [0.3, 0.4) is 0 Å². The van der Waals surface area contributed by atoms with E-state index in [0.29, 0.717) is 18.2 Å². The Kier molecular flexibility index (Phi) is 6.07. The summed E-state index contributed by atoms with van der Waals surface area (Å²) in [5.74, 6) is 1.04. The van der Waals surface area contributed by atoms with Crippen LogP contribution in [0, 0.1) is 0 Å². The smallest absolute Gasteiger partial charge is 0.329 e. The van der Waals surface area contributed by atoms with Gasteiger partial charge in [-0.1, -0.05) is 66.7 Å². The van der Waals surface area contributed by atoms with E-state index in [2.05, 4.69) is 15.3 Å². The fourth-order valence-corrected chi connectivity index (χ4v) is 4.10. The summed E-state index contributed by atoms with van der Waals surface area (Å²) in [6.07, 6.45) is -0.944. The van der Waals surface area contributed by atoms with Gasteiger partial charge in [0.2, 0.25) is 5.95 Å². The van der Waals surface area contributed by atoms with Gasteiger partial charge in [-0.05, 0) is 17.0 Å². The lowest BCUT2D eigenvalue weighted by molar-refractivity contribution is 0.0946. The number of aromatic amines is 1. The van der Waals surface area contributed by atoms with E-state index in [1.165, 1.54) is 4.57 Å². The fourth-order valence-electron chi connectivity index (χ4n) is 4.10. The Morgan fingerprint density at radius 3 is 2.60 bits per heavy atom. The highest BCUT2D eigenvalue weighted by atomic mass is 16.5. The molecule has 1 atom stereocenters.